The fourth-order valence-corrected chi connectivity index (χ4v) is 2.11. The average Bonchev–Trinajstić information content (AvgIpc) is 2.29. The molecule has 0 saturated carbocycles. The number of aliphatic hydroxyl groups is 1. The molecule has 94 valence electrons. The Hall–Kier alpha value is -1.13. The van der Waals surface area contributed by atoms with E-state index in [0.717, 1.165) is 37.3 Å². The van der Waals surface area contributed by atoms with E-state index >= 15 is 0 Å². The Morgan fingerprint density at radius 2 is 2.12 bits per heavy atom. The van der Waals surface area contributed by atoms with Crippen LogP contribution >= 0.6 is 0 Å². The van der Waals surface area contributed by atoms with Crippen LogP contribution in [-0.4, -0.2) is 28.8 Å². The lowest BCUT2D eigenvalue weighted by Crippen LogP contribution is -2.42. The molecule has 1 aliphatic rings. The molecule has 1 fully saturated rings. The van der Waals surface area contributed by atoms with E-state index in [9.17, 15) is 5.11 Å². The molecule has 1 aliphatic heterocycles. The third kappa shape index (κ3) is 2.96. The lowest BCUT2D eigenvalue weighted by Gasteiger charge is -2.36. The molecule has 17 heavy (non-hydrogen) atoms. The first-order chi connectivity index (χ1) is 7.98. The molecular formula is C13H21N3O. The number of piperidine rings is 1. The van der Waals surface area contributed by atoms with E-state index in [2.05, 4.69) is 9.88 Å². The number of hydrogen-bond donors (Lipinski definition) is 2. The van der Waals surface area contributed by atoms with Crippen molar-refractivity contribution in [3.05, 3.63) is 23.9 Å². The number of nitrogens with zero attached hydrogens (tertiary/aromatic N) is 2. The van der Waals surface area contributed by atoms with Crippen LogP contribution in [-0.2, 0) is 0 Å². The van der Waals surface area contributed by atoms with Crippen molar-refractivity contribution < 1.29 is 5.11 Å². The summed E-state index contributed by atoms with van der Waals surface area (Å²) in [6, 6.07) is 4.03. The van der Waals surface area contributed by atoms with E-state index in [1.54, 1.807) is 6.20 Å². The minimum absolute atomic E-state index is 0.0321. The van der Waals surface area contributed by atoms with Gasteiger partial charge in [-0.15, -0.1) is 0 Å². The van der Waals surface area contributed by atoms with E-state index < -0.39 is 5.60 Å². The first kappa shape index (κ1) is 12.3. The number of pyridine rings is 1. The Morgan fingerprint density at radius 1 is 1.47 bits per heavy atom. The largest absolute Gasteiger partial charge is 0.390 e. The van der Waals surface area contributed by atoms with Crippen LogP contribution < -0.4 is 10.6 Å². The van der Waals surface area contributed by atoms with Gasteiger partial charge in [-0.1, -0.05) is 0 Å². The van der Waals surface area contributed by atoms with Crippen LogP contribution in [0.5, 0.6) is 0 Å². The fraction of sp³-hybridized carbons (Fsp3) is 0.615. The van der Waals surface area contributed by atoms with E-state index in [-0.39, 0.29) is 6.04 Å². The second kappa shape index (κ2) is 4.63. The van der Waals surface area contributed by atoms with Gasteiger partial charge in [0.25, 0.3) is 0 Å². The van der Waals surface area contributed by atoms with Crippen molar-refractivity contribution >= 4 is 5.82 Å². The normalized spacial score (nSPS) is 21.3. The molecule has 4 nitrogen and oxygen atoms in total. The third-order valence-corrected chi connectivity index (χ3v) is 3.46. The molecule has 1 aromatic rings. The van der Waals surface area contributed by atoms with Crippen molar-refractivity contribution in [3.63, 3.8) is 0 Å². The summed E-state index contributed by atoms with van der Waals surface area (Å²) >= 11 is 0. The zero-order valence-corrected chi connectivity index (χ0v) is 10.6. The lowest BCUT2D eigenvalue weighted by atomic mass is 9.94. The van der Waals surface area contributed by atoms with Gasteiger partial charge in [0.1, 0.15) is 5.82 Å². The van der Waals surface area contributed by atoms with Gasteiger partial charge in [-0.05, 0) is 44.4 Å². The number of anilines is 1. The minimum atomic E-state index is -0.519. The molecule has 1 atom stereocenters. The van der Waals surface area contributed by atoms with Gasteiger partial charge in [0.15, 0.2) is 0 Å². The molecule has 0 spiro atoms. The molecule has 3 N–H and O–H groups in total. The highest BCUT2D eigenvalue weighted by molar-refractivity contribution is 5.42. The summed E-state index contributed by atoms with van der Waals surface area (Å²) < 4.78 is 0. The predicted octanol–water partition coefficient (Wildman–Crippen LogP) is 1.45. The highest BCUT2D eigenvalue weighted by Crippen LogP contribution is 2.25. The van der Waals surface area contributed by atoms with Gasteiger partial charge < -0.3 is 15.7 Å². The van der Waals surface area contributed by atoms with Gasteiger partial charge in [-0.2, -0.15) is 0 Å². The van der Waals surface area contributed by atoms with E-state index in [0.29, 0.717) is 0 Å². The first-order valence-corrected chi connectivity index (χ1v) is 6.17. The Balaban J connectivity index is 2.10. The van der Waals surface area contributed by atoms with Crippen LogP contribution in [0, 0.1) is 0 Å². The summed E-state index contributed by atoms with van der Waals surface area (Å²) in [6.45, 7) is 5.57. The van der Waals surface area contributed by atoms with Crippen LogP contribution in [0.4, 0.5) is 5.82 Å². The molecular weight excluding hydrogens is 214 g/mol. The molecule has 0 amide bonds. The van der Waals surface area contributed by atoms with Crippen LogP contribution in [0.2, 0.25) is 0 Å². The number of hydrogen-bond acceptors (Lipinski definition) is 4. The second-order valence-corrected chi connectivity index (χ2v) is 5.22. The summed E-state index contributed by atoms with van der Waals surface area (Å²) in [7, 11) is 0. The second-order valence-electron chi connectivity index (χ2n) is 5.22. The highest BCUT2D eigenvalue weighted by Gasteiger charge is 2.27. The molecule has 0 aliphatic carbocycles. The Labute approximate surface area is 102 Å². The summed E-state index contributed by atoms with van der Waals surface area (Å²) in [5.74, 6) is 0.968. The molecule has 1 saturated heterocycles. The quantitative estimate of drug-likeness (QED) is 0.814. The smallest absolute Gasteiger partial charge is 0.128 e. The Morgan fingerprint density at radius 3 is 2.71 bits per heavy atom. The Bertz CT molecular complexity index is 380. The highest BCUT2D eigenvalue weighted by atomic mass is 16.3. The maximum absolute atomic E-state index is 9.91. The molecule has 0 bridgehead atoms. The number of nitrogens with two attached hydrogens (primary N) is 1. The van der Waals surface area contributed by atoms with E-state index in [1.807, 2.05) is 26.0 Å². The maximum atomic E-state index is 9.91. The lowest BCUT2D eigenvalue weighted by molar-refractivity contribution is 0.0350. The van der Waals surface area contributed by atoms with Gasteiger partial charge >= 0.3 is 0 Å². The van der Waals surface area contributed by atoms with Crippen molar-refractivity contribution in [3.8, 4) is 0 Å². The Kier molecular flexibility index (Phi) is 3.35. The number of aromatic nitrogens is 1. The van der Waals surface area contributed by atoms with Gasteiger partial charge in [0.05, 0.1) is 5.60 Å². The van der Waals surface area contributed by atoms with Crippen molar-refractivity contribution in [2.24, 2.45) is 5.73 Å². The van der Waals surface area contributed by atoms with Gasteiger partial charge in [-0.25, -0.2) is 4.98 Å². The summed E-state index contributed by atoms with van der Waals surface area (Å²) in [4.78, 5) is 6.59. The third-order valence-electron chi connectivity index (χ3n) is 3.46. The van der Waals surface area contributed by atoms with Crippen LogP contribution in [0.25, 0.3) is 0 Å². The van der Waals surface area contributed by atoms with Crippen LogP contribution in [0.1, 0.15) is 38.3 Å². The topological polar surface area (TPSA) is 62.4 Å². The molecule has 0 radical (unpaired) electrons. The van der Waals surface area contributed by atoms with E-state index in [4.69, 9.17) is 5.73 Å². The van der Waals surface area contributed by atoms with Gasteiger partial charge in [0.2, 0.25) is 0 Å². The summed E-state index contributed by atoms with van der Waals surface area (Å²) in [6.07, 6.45) is 3.38. The summed E-state index contributed by atoms with van der Waals surface area (Å²) in [5.41, 5.74) is 6.45. The van der Waals surface area contributed by atoms with E-state index in [1.165, 1.54) is 0 Å². The first-order valence-electron chi connectivity index (χ1n) is 6.17. The fourth-order valence-electron chi connectivity index (χ4n) is 2.11. The standard InChI is InChI=1S/C13H21N3O/c1-10(14)11-3-6-15-12(9-11)16-7-4-13(2,17)5-8-16/h3,6,9-10,17H,4-5,7-8,14H2,1-2H3. The van der Waals surface area contributed by atoms with Crippen molar-refractivity contribution in [2.45, 2.75) is 38.3 Å². The zero-order valence-electron chi connectivity index (χ0n) is 10.6. The van der Waals surface area contributed by atoms with Crippen LogP contribution in [0.15, 0.2) is 18.3 Å². The molecule has 0 aromatic carbocycles. The van der Waals surface area contributed by atoms with Gasteiger partial charge in [0, 0.05) is 25.3 Å². The molecule has 2 rings (SSSR count). The predicted molar refractivity (Wildman–Crippen MR) is 68.9 cm³/mol. The monoisotopic (exact) mass is 235 g/mol. The molecule has 1 aromatic heterocycles. The number of rotatable bonds is 2. The van der Waals surface area contributed by atoms with Crippen molar-refractivity contribution in [1.29, 1.82) is 0 Å². The molecule has 2 heterocycles. The molecule has 1 unspecified atom stereocenters. The van der Waals surface area contributed by atoms with Crippen molar-refractivity contribution in [1.82, 2.24) is 4.98 Å². The molecule has 4 heteroatoms. The van der Waals surface area contributed by atoms with Crippen LogP contribution in [0.3, 0.4) is 0 Å². The summed E-state index contributed by atoms with van der Waals surface area (Å²) in [5, 5.41) is 9.91. The SMILES string of the molecule is CC(N)c1ccnc(N2CCC(C)(O)CC2)c1. The maximum Gasteiger partial charge on any atom is 0.128 e. The zero-order chi connectivity index (χ0) is 12.5. The van der Waals surface area contributed by atoms with Gasteiger partial charge in [-0.3, -0.25) is 0 Å². The minimum Gasteiger partial charge on any atom is -0.390 e. The van der Waals surface area contributed by atoms with Crippen molar-refractivity contribution in [2.75, 3.05) is 18.0 Å². The average molecular weight is 235 g/mol.